The summed E-state index contributed by atoms with van der Waals surface area (Å²) in [5.41, 5.74) is 1.94. The lowest BCUT2D eigenvalue weighted by Crippen LogP contribution is -2.32. The molecule has 0 saturated carbocycles. The molecule has 5 aromatic rings. The fraction of sp³-hybridized carbons (Fsp3) is 0.0370. The Kier molecular flexibility index (Phi) is 6.22. The van der Waals surface area contributed by atoms with E-state index in [0.29, 0.717) is 27.0 Å². The van der Waals surface area contributed by atoms with Crippen LogP contribution in [0.4, 0.5) is 0 Å². The van der Waals surface area contributed by atoms with Crippen molar-refractivity contribution in [2.24, 2.45) is 4.99 Å². The molecule has 1 N–H and O–H groups in total. The average molecular weight is 560 g/mol. The van der Waals surface area contributed by atoms with Crippen LogP contribution in [0.2, 0.25) is 5.02 Å². The third kappa shape index (κ3) is 4.47. The molecule has 38 heavy (non-hydrogen) atoms. The number of aromatic nitrogens is 3. The second kappa shape index (κ2) is 9.71. The summed E-state index contributed by atoms with van der Waals surface area (Å²) in [5, 5.41) is 0.926. The topological polar surface area (TPSA) is 106 Å². The van der Waals surface area contributed by atoms with Crippen molar-refractivity contribution in [3.8, 4) is 17.1 Å². The minimum Gasteiger partial charge on any atom is -0.268 e. The molecule has 0 saturated heterocycles. The monoisotopic (exact) mass is 559 g/mol. The van der Waals surface area contributed by atoms with E-state index in [2.05, 4.69) is 14.7 Å². The number of pyridine rings is 1. The van der Waals surface area contributed by atoms with Crippen LogP contribution in [0.5, 0.6) is 0 Å². The van der Waals surface area contributed by atoms with Gasteiger partial charge in [0.05, 0.1) is 28.2 Å². The maximum atomic E-state index is 13.6. The Morgan fingerprint density at radius 2 is 1.79 bits per heavy atom. The van der Waals surface area contributed by atoms with Crippen molar-refractivity contribution in [1.82, 2.24) is 19.3 Å². The van der Waals surface area contributed by atoms with E-state index >= 15 is 0 Å². The summed E-state index contributed by atoms with van der Waals surface area (Å²) >= 11 is 7.91. The van der Waals surface area contributed by atoms with Crippen LogP contribution in [0.25, 0.3) is 28.0 Å². The summed E-state index contributed by atoms with van der Waals surface area (Å²) in [4.78, 5) is 27.3. The van der Waals surface area contributed by atoms with Crippen LogP contribution < -0.4 is 10.3 Å². The SMILES string of the molecule is O=c1c2ccccc2nc(-c2cc3c(cc2Cl)SC(=NCc2cccnc2)NS3(=O)=O)n1-c1ccccc1. The third-order valence-electron chi connectivity index (χ3n) is 5.91. The zero-order valence-corrected chi connectivity index (χ0v) is 22.0. The molecule has 8 nitrogen and oxygen atoms in total. The van der Waals surface area contributed by atoms with Gasteiger partial charge in [-0.2, -0.15) is 0 Å². The third-order valence-corrected chi connectivity index (χ3v) is 8.84. The average Bonchev–Trinajstić information content (AvgIpc) is 2.92. The first-order valence-electron chi connectivity index (χ1n) is 11.5. The molecule has 6 rings (SSSR count). The van der Waals surface area contributed by atoms with E-state index in [4.69, 9.17) is 16.6 Å². The number of nitrogens with one attached hydrogen (secondary N) is 1. The number of thioether (sulfide) groups is 1. The van der Waals surface area contributed by atoms with Gasteiger partial charge < -0.3 is 0 Å². The first-order valence-corrected chi connectivity index (χ1v) is 14.1. The van der Waals surface area contributed by atoms with Crippen LogP contribution in [-0.4, -0.2) is 28.1 Å². The van der Waals surface area contributed by atoms with Gasteiger partial charge in [0.15, 0.2) is 5.17 Å². The van der Waals surface area contributed by atoms with Gasteiger partial charge in [0.1, 0.15) is 10.7 Å². The Labute approximate surface area is 227 Å². The predicted octanol–water partition coefficient (Wildman–Crippen LogP) is 5.04. The van der Waals surface area contributed by atoms with Crippen LogP contribution in [0, 0.1) is 0 Å². The lowest BCUT2D eigenvalue weighted by molar-refractivity contribution is 0.590. The molecule has 188 valence electrons. The molecule has 0 radical (unpaired) electrons. The van der Waals surface area contributed by atoms with Crippen LogP contribution in [0.3, 0.4) is 0 Å². The molecule has 0 spiro atoms. The van der Waals surface area contributed by atoms with Crippen LogP contribution >= 0.6 is 23.4 Å². The largest absolute Gasteiger partial charge is 0.268 e. The molecular weight excluding hydrogens is 542 g/mol. The summed E-state index contributed by atoms with van der Waals surface area (Å²) < 4.78 is 30.5. The van der Waals surface area contributed by atoms with Crippen LogP contribution in [-0.2, 0) is 16.6 Å². The maximum Gasteiger partial charge on any atom is 0.266 e. The summed E-state index contributed by atoms with van der Waals surface area (Å²) in [5.74, 6) is 0.240. The standard InChI is InChI=1S/C27H18ClN5O3S2/c28-21-14-23-24(38(35,36)32-27(37-23)30-16-17-7-6-12-29-15-17)13-20(21)25-31-22-11-5-4-10-19(22)26(34)33(25)18-8-2-1-3-9-18/h1-15H,16H2,(H,30,32). The molecule has 0 amide bonds. The van der Waals surface area contributed by atoms with Crippen molar-refractivity contribution in [3.05, 3.63) is 112 Å². The number of amidine groups is 1. The molecule has 0 bridgehead atoms. The van der Waals surface area contributed by atoms with Gasteiger partial charge >= 0.3 is 0 Å². The maximum absolute atomic E-state index is 13.6. The van der Waals surface area contributed by atoms with Crippen molar-refractivity contribution in [2.45, 2.75) is 16.3 Å². The molecule has 0 unspecified atom stereocenters. The summed E-state index contributed by atoms with van der Waals surface area (Å²) in [6.45, 7) is 0.268. The van der Waals surface area contributed by atoms with Gasteiger partial charge in [-0.1, -0.05) is 59.8 Å². The number of benzene rings is 3. The molecule has 2 aromatic heterocycles. The van der Waals surface area contributed by atoms with Gasteiger partial charge in [-0.3, -0.25) is 24.1 Å². The number of para-hydroxylation sites is 2. The molecule has 0 fully saturated rings. The summed E-state index contributed by atoms with van der Waals surface area (Å²) in [6, 6.07) is 22.7. The van der Waals surface area contributed by atoms with E-state index in [0.717, 1.165) is 5.56 Å². The second-order valence-electron chi connectivity index (χ2n) is 8.40. The quantitative estimate of drug-likeness (QED) is 0.330. The van der Waals surface area contributed by atoms with Gasteiger partial charge in [0.2, 0.25) is 0 Å². The van der Waals surface area contributed by atoms with Crippen LogP contribution in [0.15, 0.2) is 111 Å². The minimum atomic E-state index is -3.96. The Morgan fingerprint density at radius 3 is 2.58 bits per heavy atom. The highest BCUT2D eigenvalue weighted by Crippen LogP contribution is 2.39. The van der Waals surface area contributed by atoms with E-state index in [1.54, 1.807) is 60.9 Å². The lowest BCUT2D eigenvalue weighted by atomic mass is 10.1. The van der Waals surface area contributed by atoms with Gasteiger partial charge in [-0.05, 0) is 48.0 Å². The molecular formula is C27H18ClN5O3S2. The summed E-state index contributed by atoms with van der Waals surface area (Å²) in [7, 11) is -3.96. The van der Waals surface area contributed by atoms with E-state index in [1.165, 1.54) is 22.4 Å². The normalized spacial score (nSPS) is 15.2. The number of aliphatic imine (C=N–C) groups is 1. The van der Waals surface area contributed by atoms with Gasteiger partial charge in [-0.15, -0.1) is 0 Å². The number of nitrogens with zero attached hydrogens (tertiary/aromatic N) is 4. The molecule has 0 aliphatic carbocycles. The zero-order valence-electron chi connectivity index (χ0n) is 19.6. The van der Waals surface area contributed by atoms with Gasteiger partial charge in [0.25, 0.3) is 15.6 Å². The number of hydrogen-bond donors (Lipinski definition) is 1. The highest BCUT2D eigenvalue weighted by atomic mass is 35.5. The van der Waals surface area contributed by atoms with Crippen molar-refractivity contribution >= 4 is 49.5 Å². The molecule has 0 atom stereocenters. The number of sulfonamides is 1. The van der Waals surface area contributed by atoms with E-state index in [9.17, 15) is 13.2 Å². The molecule has 3 aromatic carbocycles. The predicted molar refractivity (Wildman–Crippen MR) is 149 cm³/mol. The molecule has 1 aliphatic rings. The Bertz CT molecular complexity index is 1890. The Balaban J connectivity index is 1.50. The fourth-order valence-electron chi connectivity index (χ4n) is 4.14. The number of rotatable bonds is 4. The van der Waals surface area contributed by atoms with E-state index in [-0.39, 0.29) is 33.0 Å². The van der Waals surface area contributed by atoms with Crippen molar-refractivity contribution in [3.63, 3.8) is 0 Å². The van der Waals surface area contributed by atoms with Gasteiger partial charge in [-0.25, -0.2) is 13.4 Å². The molecule has 11 heteroatoms. The highest BCUT2D eigenvalue weighted by molar-refractivity contribution is 8.16. The first-order chi connectivity index (χ1) is 18.4. The minimum absolute atomic E-state index is 0.0317. The first kappa shape index (κ1) is 24.4. The Hall–Kier alpha value is -3.99. The number of fused-ring (bicyclic) bond motifs is 2. The molecule has 3 heterocycles. The van der Waals surface area contributed by atoms with Crippen molar-refractivity contribution in [2.75, 3.05) is 0 Å². The van der Waals surface area contributed by atoms with E-state index < -0.39 is 10.0 Å². The van der Waals surface area contributed by atoms with Crippen molar-refractivity contribution in [1.29, 1.82) is 0 Å². The summed E-state index contributed by atoms with van der Waals surface area (Å²) in [6.07, 6.45) is 3.33. The molecule has 1 aliphatic heterocycles. The second-order valence-corrected chi connectivity index (χ2v) is 11.5. The lowest BCUT2D eigenvalue weighted by Gasteiger charge is -2.21. The zero-order chi connectivity index (χ0) is 26.3. The highest BCUT2D eigenvalue weighted by Gasteiger charge is 2.30. The number of hydrogen-bond acceptors (Lipinski definition) is 7. The number of halogens is 1. The fourth-order valence-corrected chi connectivity index (χ4v) is 7.08. The van der Waals surface area contributed by atoms with E-state index in [1.807, 2.05) is 24.3 Å². The van der Waals surface area contributed by atoms with Crippen molar-refractivity contribution < 1.29 is 8.42 Å². The smallest absolute Gasteiger partial charge is 0.266 e. The van der Waals surface area contributed by atoms with Crippen LogP contribution in [0.1, 0.15) is 5.56 Å². The Morgan fingerprint density at radius 1 is 1.00 bits per heavy atom. The van der Waals surface area contributed by atoms with Gasteiger partial charge in [0, 0.05) is 22.9 Å².